The van der Waals surface area contributed by atoms with Gasteiger partial charge in [-0.2, -0.15) is 0 Å². The van der Waals surface area contributed by atoms with E-state index >= 15 is 0 Å². The van der Waals surface area contributed by atoms with Gasteiger partial charge in [0, 0.05) is 54.6 Å². The minimum atomic E-state index is -0.761. The van der Waals surface area contributed by atoms with Crippen molar-refractivity contribution in [2.75, 3.05) is 31.5 Å². The molecule has 40 heavy (non-hydrogen) atoms. The maximum Gasteiger partial charge on any atom is 0.273 e. The molecule has 9 nitrogen and oxygen atoms in total. The maximum atomic E-state index is 14.6. The number of likely N-dealkylation sites (tertiary alicyclic amines) is 2. The predicted molar refractivity (Wildman–Crippen MR) is 147 cm³/mol. The zero-order chi connectivity index (χ0) is 28.4. The van der Waals surface area contributed by atoms with E-state index in [1.54, 1.807) is 53.4 Å². The molecule has 2 aliphatic rings. The van der Waals surface area contributed by atoms with E-state index in [9.17, 15) is 28.9 Å². The lowest BCUT2D eigenvalue weighted by Gasteiger charge is -2.23. The SMILES string of the molecule is Cc1c([N+](=O)[O-])ccc(F)c1C(=O)N1C[C@H]2CCN(C(=O)c3ccc(NC(=O)c4ccccc4)cc3)CC[C@H]2C1. The minimum absolute atomic E-state index is 0.0320. The van der Waals surface area contributed by atoms with Crippen molar-refractivity contribution in [1.29, 1.82) is 0 Å². The predicted octanol–water partition coefficient (Wildman–Crippen LogP) is 4.92. The fourth-order valence-electron chi connectivity index (χ4n) is 5.67. The van der Waals surface area contributed by atoms with Gasteiger partial charge in [-0.05, 0) is 74.1 Å². The van der Waals surface area contributed by atoms with Crippen molar-refractivity contribution in [3.63, 3.8) is 0 Å². The second kappa shape index (κ2) is 11.3. The number of fused-ring (bicyclic) bond motifs is 1. The highest BCUT2D eigenvalue weighted by Crippen LogP contribution is 2.34. The van der Waals surface area contributed by atoms with Crippen LogP contribution in [-0.4, -0.2) is 58.6 Å². The van der Waals surface area contributed by atoms with Crippen LogP contribution in [0, 0.1) is 34.7 Å². The Hall–Kier alpha value is -4.60. The van der Waals surface area contributed by atoms with Gasteiger partial charge in [-0.1, -0.05) is 18.2 Å². The molecule has 5 rings (SSSR count). The number of hydrogen-bond donors (Lipinski definition) is 1. The van der Waals surface area contributed by atoms with Crippen LogP contribution in [0.1, 0.15) is 49.5 Å². The Morgan fingerprint density at radius 1 is 0.850 bits per heavy atom. The van der Waals surface area contributed by atoms with E-state index < -0.39 is 16.6 Å². The third-order valence-corrected chi connectivity index (χ3v) is 7.91. The van der Waals surface area contributed by atoms with Crippen molar-refractivity contribution in [3.05, 3.63) is 105 Å². The van der Waals surface area contributed by atoms with E-state index in [-0.39, 0.29) is 40.5 Å². The first-order valence-corrected chi connectivity index (χ1v) is 13.2. The van der Waals surface area contributed by atoms with Crippen LogP contribution < -0.4 is 5.32 Å². The Morgan fingerprint density at radius 2 is 1.48 bits per heavy atom. The Labute approximate surface area is 230 Å². The first-order valence-electron chi connectivity index (χ1n) is 13.2. The number of nitrogens with zero attached hydrogens (tertiary/aromatic N) is 3. The third-order valence-electron chi connectivity index (χ3n) is 7.91. The minimum Gasteiger partial charge on any atom is -0.339 e. The molecule has 0 saturated carbocycles. The summed E-state index contributed by atoms with van der Waals surface area (Å²) in [5.41, 5.74) is 1.17. The summed E-state index contributed by atoms with van der Waals surface area (Å²) in [6, 6.07) is 17.7. The topological polar surface area (TPSA) is 113 Å². The summed E-state index contributed by atoms with van der Waals surface area (Å²) < 4.78 is 14.6. The highest BCUT2D eigenvalue weighted by atomic mass is 19.1. The van der Waals surface area contributed by atoms with Gasteiger partial charge >= 0.3 is 0 Å². The van der Waals surface area contributed by atoms with Gasteiger partial charge in [-0.25, -0.2) is 4.39 Å². The number of halogens is 1. The lowest BCUT2D eigenvalue weighted by Crippen LogP contribution is -2.34. The Kier molecular flexibility index (Phi) is 7.59. The van der Waals surface area contributed by atoms with E-state index in [1.807, 2.05) is 11.0 Å². The second-order valence-electron chi connectivity index (χ2n) is 10.3. The van der Waals surface area contributed by atoms with Crippen molar-refractivity contribution < 1.29 is 23.7 Å². The average molecular weight is 545 g/mol. The number of hydrogen-bond acceptors (Lipinski definition) is 5. The average Bonchev–Trinajstić information content (AvgIpc) is 3.26. The molecule has 2 atom stereocenters. The summed E-state index contributed by atoms with van der Waals surface area (Å²) in [4.78, 5) is 52.9. The van der Waals surface area contributed by atoms with Crippen molar-refractivity contribution in [2.45, 2.75) is 19.8 Å². The van der Waals surface area contributed by atoms with Crippen molar-refractivity contribution in [3.8, 4) is 0 Å². The number of carbonyl (C=O) groups is 3. The Morgan fingerprint density at radius 3 is 2.08 bits per heavy atom. The number of nitro groups is 1. The molecule has 0 bridgehead atoms. The van der Waals surface area contributed by atoms with Crippen LogP contribution in [0.4, 0.5) is 15.8 Å². The molecule has 1 N–H and O–H groups in total. The fourth-order valence-corrected chi connectivity index (χ4v) is 5.67. The number of carbonyl (C=O) groups excluding carboxylic acids is 3. The second-order valence-corrected chi connectivity index (χ2v) is 10.3. The van der Waals surface area contributed by atoms with Crippen LogP contribution in [0.3, 0.4) is 0 Å². The van der Waals surface area contributed by atoms with Crippen LogP contribution in [0.25, 0.3) is 0 Å². The van der Waals surface area contributed by atoms with Gasteiger partial charge < -0.3 is 15.1 Å². The molecule has 10 heteroatoms. The van der Waals surface area contributed by atoms with Gasteiger partial charge in [0.25, 0.3) is 23.4 Å². The third kappa shape index (κ3) is 5.42. The number of anilines is 1. The molecule has 3 amide bonds. The summed E-state index contributed by atoms with van der Waals surface area (Å²) in [5.74, 6) is -1.31. The first kappa shape index (κ1) is 27.0. The molecular weight excluding hydrogens is 515 g/mol. The number of rotatable bonds is 5. The first-order chi connectivity index (χ1) is 19.2. The van der Waals surface area contributed by atoms with Gasteiger partial charge in [0.15, 0.2) is 0 Å². The molecular formula is C30H29FN4O5. The van der Waals surface area contributed by atoms with Gasteiger partial charge in [-0.15, -0.1) is 0 Å². The summed E-state index contributed by atoms with van der Waals surface area (Å²) in [6.07, 6.45) is 1.39. The number of benzene rings is 3. The largest absolute Gasteiger partial charge is 0.339 e. The summed E-state index contributed by atoms with van der Waals surface area (Å²) in [5, 5.41) is 14.1. The van der Waals surface area contributed by atoms with E-state index in [0.29, 0.717) is 55.8 Å². The summed E-state index contributed by atoms with van der Waals surface area (Å²) in [7, 11) is 0. The van der Waals surface area contributed by atoms with Gasteiger partial charge in [0.2, 0.25) is 0 Å². The lowest BCUT2D eigenvalue weighted by molar-refractivity contribution is -0.385. The van der Waals surface area contributed by atoms with E-state index in [1.165, 1.54) is 6.92 Å². The normalized spacial score (nSPS) is 18.6. The number of nitrogens with one attached hydrogen (secondary N) is 1. The standard InChI is InChI=1S/C30H29FN4O5/c1-19-26(35(39)40)12-11-25(31)27(19)30(38)34-17-22-13-15-33(16-14-23(22)18-34)29(37)21-7-9-24(10-8-21)32-28(36)20-5-3-2-4-6-20/h2-12,22-23H,13-18H2,1H3,(H,32,36)/t22-,23+. The molecule has 3 aromatic rings. The molecule has 2 aliphatic heterocycles. The van der Waals surface area contributed by atoms with Gasteiger partial charge in [-0.3, -0.25) is 24.5 Å². The van der Waals surface area contributed by atoms with Crippen LogP contribution >= 0.6 is 0 Å². The van der Waals surface area contributed by atoms with Crippen LogP contribution in [0.15, 0.2) is 66.7 Å². The highest BCUT2D eigenvalue weighted by Gasteiger charge is 2.39. The lowest BCUT2D eigenvalue weighted by atomic mass is 9.92. The maximum absolute atomic E-state index is 14.6. The molecule has 0 aliphatic carbocycles. The van der Waals surface area contributed by atoms with Crippen LogP contribution in [-0.2, 0) is 0 Å². The molecule has 0 aromatic heterocycles. The smallest absolute Gasteiger partial charge is 0.273 e. The zero-order valence-corrected chi connectivity index (χ0v) is 22.0. The molecule has 0 radical (unpaired) electrons. The Bertz CT molecular complexity index is 1440. The van der Waals surface area contributed by atoms with E-state index in [2.05, 4.69) is 5.32 Å². The molecule has 2 saturated heterocycles. The van der Waals surface area contributed by atoms with Crippen LogP contribution in [0.2, 0.25) is 0 Å². The number of amides is 3. The molecule has 2 fully saturated rings. The zero-order valence-electron chi connectivity index (χ0n) is 22.0. The molecule has 2 heterocycles. The fraction of sp³-hybridized carbons (Fsp3) is 0.300. The quantitative estimate of drug-likeness (QED) is 0.362. The van der Waals surface area contributed by atoms with Crippen molar-refractivity contribution in [1.82, 2.24) is 9.80 Å². The molecule has 0 spiro atoms. The van der Waals surface area contributed by atoms with Crippen LogP contribution in [0.5, 0.6) is 0 Å². The monoisotopic (exact) mass is 544 g/mol. The highest BCUT2D eigenvalue weighted by molar-refractivity contribution is 6.04. The van der Waals surface area contributed by atoms with Gasteiger partial charge in [0.05, 0.1) is 10.5 Å². The van der Waals surface area contributed by atoms with E-state index in [4.69, 9.17) is 0 Å². The molecule has 0 unspecified atom stereocenters. The van der Waals surface area contributed by atoms with E-state index in [0.717, 1.165) is 12.1 Å². The summed E-state index contributed by atoms with van der Waals surface area (Å²) >= 11 is 0. The molecule has 206 valence electrons. The van der Waals surface area contributed by atoms with Crippen molar-refractivity contribution >= 4 is 29.1 Å². The number of nitro benzene ring substituents is 1. The summed E-state index contributed by atoms with van der Waals surface area (Å²) in [6.45, 7) is 3.29. The Balaban J connectivity index is 1.19. The molecule has 3 aromatic carbocycles. The van der Waals surface area contributed by atoms with Gasteiger partial charge in [0.1, 0.15) is 5.82 Å². The van der Waals surface area contributed by atoms with Crippen molar-refractivity contribution in [2.24, 2.45) is 11.8 Å².